The van der Waals surface area contributed by atoms with Crippen LogP contribution >= 0.6 is 0 Å². The van der Waals surface area contributed by atoms with Crippen LogP contribution in [0.1, 0.15) is 31.1 Å². The molecule has 0 aliphatic carbocycles. The summed E-state index contributed by atoms with van der Waals surface area (Å²) in [5, 5.41) is 5.06. The maximum atomic E-state index is 13.6. The smallest absolute Gasteiger partial charge is 0.254 e. The molecule has 0 bridgehead atoms. The zero-order chi connectivity index (χ0) is 15.3. The third-order valence-corrected chi connectivity index (χ3v) is 2.34. The van der Waals surface area contributed by atoms with Crippen LogP contribution in [-0.2, 0) is 4.79 Å². The Morgan fingerprint density at radius 1 is 1.30 bits per heavy atom. The minimum Gasteiger partial charge on any atom is -0.497 e. The van der Waals surface area contributed by atoms with Gasteiger partial charge in [-0.1, -0.05) is 0 Å². The van der Waals surface area contributed by atoms with Gasteiger partial charge in [-0.3, -0.25) is 9.59 Å². The molecule has 1 rings (SSSR count). The standard InChI is InChI=1S/C14H19FN2O3/c1-14(2,3)17-12(18)8-16-13(19)10-6-5-9(20-4)7-11(10)15/h5-7H,8H2,1-4H3,(H,16,19)(H,17,18). The van der Waals surface area contributed by atoms with Gasteiger partial charge in [0.15, 0.2) is 0 Å². The van der Waals surface area contributed by atoms with E-state index in [1.807, 2.05) is 20.8 Å². The molecule has 0 saturated heterocycles. The van der Waals surface area contributed by atoms with E-state index in [9.17, 15) is 14.0 Å². The first-order chi connectivity index (χ1) is 9.23. The molecule has 0 unspecified atom stereocenters. The summed E-state index contributed by atoms with van der Waals surface area (Å²) in [6.45, 7) is 5.28. The van der Waals surface area contributed by atoms with Gasteiger partial charge >= 0.3 is 0 Å². The predicted molar refractivity (Wildman–Crippen MR) is 73.2 cm³/mol. The Labute approximate surface area is 117 Å². The van der Waals surface area contributed by atoms with E-state index in [1.165, 1.54) is 19.2 Å². The Bertz CT molecular complexity index is 510. The lowest BCUT2D eigenvalue weighted by Gasteiger charge is -2.20. The largest absolute Gasteiger partial charge is 0.497 e. The normalized spacial score (nSPS) is 10.8. The van der Waals surface area contributed by atoms with Gasteiger partial charge in [-0.15, -0.1) is 0 Å². The molecule has 0 aliphatic rings. The summed E-state index contributed by atoms with van der Waals surface area (Å²) in [6.07, 6.45) is 0. The molecule has 20 heavy (non-hydrogen) atoms. The number of nitrogens with one attached hydrogen (secondary N) is 2. The average Bonchev–Trinajstić information content (AvgIpc) is 2.33. The van der Waals surface area contributed by atoms with Gasteiger partial charge in [0.25, 0.3) is 5.91 Å². The van der Waals surface area contributed by atoms with Crippen LogP contribution in [0.5, 0.6) is 5.75 Å². The van der Waals surface area contributed by atoms with Crippen molar-refractivity contribution in [3.63, 3.8) is 0 Å². The van der Waals surface area contributed by atoms with E-state index < -0.39 is 11.7 Å². The van der Waals surface area contributed by atoms with E-state index >= 15 is 0 Å². The Hall–Kier alpha value is -2.11. The van der Waals surface area contributed by atoms with Gasteiger partial charge in [-0.2, -0.15) is 0 Å². The summed E-state index contributed by atoms with van der Waals surface area (Å²) in [7, 11) is 1.41. The molecule has 0 spiro atoms. The van der Waals surface area contributed by atoms with Gasteiger partial charge in [0.05, 0.1) is 19.2 Å². The summed E-state index contributed by atoms with van der Waals surface area (Å²) < 4.78 is 18.5. The molecule has 110 valence electrons. The van der Waals surface area contributed by atoms with Gasteiger partial charge in [0, 0.05) is 11.6 Å². The number of hydrogen-bond donors (Lipinski definition) is 2. The zero-order valence-corrected chi connectivity index (χ0v) is 12.0. The number of benzene rings is 1. The van der Waals surface area contributed by atoms with Crippen molar-refractivity contribution >= 4 is 11.8 Å². The van der Waals surface area contributed by atoms with Crippen molar-refractivity contribution < 1.29 is 18.7 Å². The van der Waals surface area contributed by atoms with E-state index in [0.717, 1.165) is 6.07 Å². The molecule has 0 saturated carbocycles. The molecular weight excluding hydrogens is 263 g/mol. The van der Waals surface area contributed by atoms with E-state index in [-0.39, 0.29) is 23.6 Å². The molecule has 2 amide bonds. The van der Waals surface area contributed by atoms with Crippen molar-refractivity contribution in [3.8, 4) is 5.75 Å². The molecular formula is C14H19FN2O3. The second kappa shape index (κ2) is 6.36. The minimum absolute atomic E-state index is 0.130. The van der Waals surface area contributed by atoms with Gasteiger partial charge < -0.3 is 15.4 Å². The van der Waals surface area contributed by atoms with Crippen molar-refractivity contribution in [1.29, 1.82) is 0 Å². The number of carbonyl (C=O) groups is 2. The SMILES string of the molecule is COc1ccc(C(=O)NCC(=O)NC(C)(C)C)c(F)c1. The molecule has 0 aliphatic heterocycles. The second-order valence-electron chi connectivity index (χ2n) is 5.33. The van der Waals surface area contributed by atoms with Crippen LogP contribution in [0.2, 0.25) is 0 Å². The molecule has 1 aromatic carbocycles. The summed E-state index contributed by atoms with van der Waals surface area (Å²) in [5.74, 6) is -1.35. The fourth-order valence-corrected chi connectivity index (χ4v) is 1.53. The lowest BCUT2D eigenvalue weighted by molar-refractivity contribution is -0.121. The lowest BCUT2D eigenvalue weighted by atomic mass is 10.1. The maximum Gasteiger partial charge on any atom is 0.254 e. The highest BCUT2D eigenvalue weighted by molar-refractivity contribution is 5.96. The van der Waals surface area contributed by atoms with Crippen LogP contribution < -0.4 is 15.4 Å². The number of amides is 2. The van der Waals surface area contributed by atoms with Gasteiger partial charge in [-0.05, 0) is 32.9 Å². The Kier molecular flexibility index (Phi) is 5.07. The molecule has 0 atom stereocenters. The van der Waals surface area contributed by atoms with Crippen molar-refractivity contribution in [2.24, 2.45) is 0 Å². The van der Waals surface area contributed by atoms with Crippen LogP contribution in [-0.4, -0.2) is 31.0 Å². The fourth-order valence-electron chi connectivity index (χ4n) is 1.53. The fraction of sp³-hybridized carbons (Fsp3) is 0.429. The highest BCUT2D eigenvalue weighted by Gasteiger charge is 2.16. The molecule has 1 aromatic rings. The van der Waals surface area contributed by atoms with E-state index in [4.69, 9.17) is 4.74 Å². The van der Waals surface area contributed by atoms with Gasteiger partial charge in [-0.25, -0.2) is 4.39 Å². The van der Waals surface area contributed by atoms with Crippen molar-refractivity contribution in [2.75, 3.05) is 13.7 Å². The first-order valence-electron chi connectivity index (χ1n) is 6.15. The number of ether oxygens (including phenoxy) is 1. The highest BCUT2D eigenvalue weighted by Crippen LogP contribution is 2.15. The van der Waals surface area contributed by atoms with Crippen LogP contribution in [0.3, 0.4) is 0 Å². The topological polar surface area (TPSA) is 67.4 Å². The summed E-state index contributed by atoms with van der Waals surface area (Å²) in [5.41, 5.74) is -0.512. The summed E-state index contributed by atoms with van der Waals surface area (Å²) >= 11 is 0. The lowest BCUT2D eigenvalue weighted by Crippen LogP contribution is -2.45. The zero-order valence-electron chi connectivity index (χ0n) is 12.0. The van der Waals surface area contributed by atoms with Crippen LogP contribution in [0.4, 0.5) is 4.39 Å². The molecule has 0 radical (unpaired) electrons. The van der Waals surface area contributed by atoms with Crippen molar-refractivity contribution in [2.45, 2.75) is 26.3 Å². The van der Waals surface area contributed by atoms with Gasteiger partial charge in [0.2, 0.25) is 5.91 Å². The first kappa shape index (κ1) is 15.9. The maximum absolute atomic E-state index is 13.6. The number of carbonyl (C=O) groups excluding carboxylic acids is 2. The Morgan fingerprint density at radius 3 is 2.45 bits per heavy atom. The predicted octanol–water partition coefficient (Wildman–Crippen LogP) is 1.48. The van der Waals surface area contributed by atoms with Crippen molar-refractivity contribution in [3.05, 3.63) is 29.6 Å². The average molecular weight is 282 g/mol. The van der Waals surface area contributed by atoms with E-state index in [0.29, 0.717) is 5.75 Å². The number of hydrogen-bond acceptors (Lipinski definition) is 3. The Morgan fingerprint density at radius 2 is 1.95 bits per heavy atom. The molecule has 6 heteroatoms. The van der Waals surface area contributed by atoms with Crippen LogP contribution in [0, 0.1) is 5.82 Å². The molecule has 2 N–H and O–H groups in total. The molecule has 0 fully saturated rings. The van der Waals surface area contributed by atoms with Crippen LogP contribution in [0.25, 0.3) is 0 Å². The Balaban J connectivity index is 2.61. The molecule has 5 nitrogen and oxygen atoms in total. The third kappa shape index (κ3) is 4.87. The quantitative estimate of drug-likeness (QED) is 0.879. The van der Waals surface area contributed by atoms with Gasteiger partial charge in [0.1, 0.15) is 11.6 Å². The minimum atomic E-state index is -0.696. The summed E-state index contributed by atoms with van der Waals surface area (Å²) in [6, 6.07) is 3.91. The monoisotopic (exact) mass is 282 g/mol. The molecule has 0 aromatic heterocycles. The first-order valence-corrected chi connectivity index (χ1v) is 6.15. The number of rotatable bonds is 4. The highest BCUT2D eigenvalue weighted by atomic mass is 19.1. The third-order valence-electron chi connectivity index (χ3n) is 2.34. The summed E-state index contributed by atoms with van der Waals surface area (Å²) in [4.78, 5) is 23.3. The van der Waals surface area contributed by atoms with Crippen LogP contribution in [0.15, 0.2) is 18.2 Å². The number of methoxy groups -OCH3 is 1. The van der Waals surface area contributed by atoms with E-state index in [2.05, 4.69) is 10.6 Å². The van der Waals surface area contributed by atoms with E-state index in [1.54, 1.807) is 0 Å². The number of halogens is 1. The second-order valence-corrected chi connectivity index (χ2v) is 5.33. The molecule has 0 heterocycles. The van der Waals surface area contributed by atoms with Crippen molar-refractivity contribution in [1.82, 2.24) is 10.6 Å².